The van der Waals surface area contributed by atoms with Gasteiger partial charge >= 0.3 is 0 Å². The molecule has 3 aromatic heterocycles. The minimum Gasteiger partial charge on any atom is -0.396 e. The summed E-state index contributed by atoms with van der Waals surface area (Å²) < 4.78 is 1.87. The number of aromatic nitrogens is 4. The minimum absolute atomic E-state index is 0.0330. The molecule has 0 saturated heterocycles. The summed E-state index contributed by atoms with van der Waals surface area (Å²) in [5, 5.41) is 20.0. The Labute approximate surface area is 145 Å². The van der Waals surface area contributed by atoms with Crippen molar-refractivity contribution in [2.24, 2.45) is 0 Å². The van der Waals surface area contributed by atoms with E-state index in [1.54, 1.807) is 32.3 Å². The van der Waals surface area contributed by atoms with E-state index in [4.69, 9.17) is 5.73 Å². The van der Waals surface area contributed by atoms with E-state index >= 15 is 0 Å². The highest BCUT2D eigenvalue weighted by Crippen LogP contribution is 2.25. The zero-order valence-corrected chi connectivity index (χ0v) is 14.1. The number of nitrogens with zero attached hydrogens (tertiary/aromatic N) is 4. The summed E-state index contributed by atoms with van der Waals surface area (Å²) in [4.78, 5) is 12.5. The summed E-state index contributed by atoms with van der Waals surface area (Å²) in [5.41, 5.74) is 6.92. The van der Waals surface area contributed by atoms with Crippen LogP contribution in [0, 0.1) is 11.8 Å². The van der Waals surface area contributed by atoms with Gasteiger partial charge in [-0.3, -0.25) is 0 Å². The van der Waals surface area contributed by atoms with Gasteiger partial charge in [0.05, 0.1) is 5.52 Å². The van der Waals surface area contributed by atoms with Gasteiger partial charge < -0.3 is 20.5 Å². The number of nitrogens with two attached hydrogens (primary N) is 1. The zero-order valence-electron chi connectivity index (χ0n) is 14.1. The van der Waals surface area contributed by atoms with Crippen molar-refractivity contribution in [3.05, 3.63) is 42.0 Å². The maximum Gasteiger partial charge on any atom is 0.221 e. The summed E-state index contributed by atoms with van der Waals surface area (Å²) in [5.74, 6) is 6.43. The second-order valence-electron chi connectivity index (χ2n) is 6.17. The first-order valence-electron chi connectivity index (χ1n) is 7.83. The maximum absolute atomic E-state index is 9.76. The Morgan fingerprint density at radius 3 is 2.80 bits per heavy atom. The molecule has 25 heavy (non-hydrogen) atoms. The Balaban J connectivity index is 2.19. The molecule has 0 atom stereocenters. The quantitative estimate of drug-likeness (QED) is 0.616. The highest BCUT2D eigenvalue weighted by molar-refractivity contribution is 5.85. The van der Waals surface area contributed by atoms with Crippen molar-refractivity contribution in [2.45, 2.75) is 25.9 Å². The SMILES string of the molecule is CC(C)(O)C#Cc1cc2c(cn1)c(CCO)cn2-c1ccnc(N)n1. The van der Waals surface area contributed by atoms with Gasteiger partial charge in [-0.25, -0.2) is 9.97 Å². The highest BCUT2D eigenvalue weighted by Gasteiger charge is 2.12. The van der Waals surface area contributed by atoms with Crippen LogP contribution in [0.1, 0.15) is 25.1 Å². The fourth-order valence-electron chi connectivity index (χ4n) is 2.48. The van der Waals surface area contributed by atoms with Crippen molar-refractivity contribution < 1.29 is 10.2 Å². The third kappa shape index (κ3) is 3.76. The van der Waals surface area contributed by atoms with Crippen LogP contribution in [0.4, 0.5) is 5.95 Å². The average Bonchev–Trinajstić information content (AvgIpc) is 2.91. The molecule has 0 fully saturated rings. The third-order valence-corrected chi connectivity index (χ3v) is 3.56. The van der Waals surface area contributed by atoms with Gasteiger partial charge in [0.25, 0.3) is 0 Å². The number of fused-ring (bicyclic) bond motifs is 1. The molecule has 3 heterocycles. The van der Waals surface area contributed by atoms with E-state index in [2.05, 4.69) is 26.8 Å². The van der Waals surface area contributed by atoms with Crippen molar-refractivity contribution in [2.75, 3.05) is 12.3 Å². The molecular weight excluding hydrogens is 318 g/mol. The van der Waals surface area contributed by atoms with Gasteiger partial charge in [-0.2, -0.15) is 4.98 Å². The molecule has 0 aromatic carbocycles. The maximum atomic E-state index is 9.76. The third-order valence-electron chi connectivity index (χ3n) is 3.56. The van der Waals surface area contributed by atoms with Crippen LogP contribution < -0.4 is 5.73 Å². The van der Waals surface area contributed by atoms with Crippen LogP contribution in [0.3, 0.4) is 0 Å². The molecule has 0 saturated carbocycles. The van der Waals surface area contributed by atoms with Crippen LogP contribution in [0.25, 0.3) is 16.7 Å². The van der Waals surface area contributed by atoms with Crippen molar-refractivity contribution in [3.8, 4) is 17.7 Å². The van der Waals surface area contributed by atoms with E-state index in [1.165, 1.54) is 0 Å². The molecule has 0 aliphatic rings. The van der Waals surface area contributed by atoms with Crippen LogP contribution in [0.5, 0.6) is 0 Å². The van der Waals surface area contributed by atoms with Crippen molar-refractivity contribution in [1.82, 2.24) is 19.5 Å². The van der Waals surface area contributed by atoms with E-state index in [1.807, 2.05) is 16.8 Å². The topological polar surface area (TPSA) is 110 Å². The number of hydrogen-bond donors (Lipinski definition) is 3. The molecule has 0 amide bonds. The second kappa shape index (κ2) is 6.51. The van der Waals surface area contributed by atoms with Gasteiger partial charge in [0.15, 0.2) is 0 Å². The summed E-state index contributed by atoms with van der Waals surface area (Å²) >= 11 is 0. The normalized spacial score (nSPS) is 11.4. The lowest BCUT2D eigenvalue weighted by molar-refractivity contribution is 0.143. The lowest BCUT2D eigenvalue weighted by Gasteiger charge is -2.06. The fraction of sp³-hybridized carbons (Fsp3) is 0.278. The average molecular weight is 337 g/mol. The molecular formula is C18H19N5O2. The standard InChI is InChI=1S/C18H19N5O2/c1-18(2,25)6-3-13-9-15-14(10-21-13)12(5-8-24)11-23(15)16-4-7-20-17(19)22-16/h4,7,9-11,24-25H,5,8H2,1-2H3,(H2,19,20,22). The van der Waals surface area contributed by atoms with Crippen LogP contribution in [0.15, 0.2) is 30.7 Å². The Morgan fingerprint density at radius 1 is 1.32 bits per heavy atom. The smallest absolute Gasteiger partial charge is 0.221 e. The summed E-state index contributed by atoms with van der Waals surface area (Å²) in [7, 11) is 0. The van der Waals surface area contributed by atoms with E-state index in [0.717, 1.165) is 16.5 Å². The van der Waals surface area contributed by atoms with Gasteiger partial charge in [-0.15, -0.1) is 0 Å². The van der Waals surface area contributed by atoms with Gasteiger partial charge in [0, 0.05) is 30.6 Å². The number of hydrogen-bond acceptors (Lipinski definition) is 6. The molecule has 0 radical (unpaired) electrons. The predicted octanol–water partition coefficient (Wildman–Crippen LogP) is 1.05. The molecule has 4 N–H and O–H groups in total. The van der Waals surface area contributed by atoms with E-state index < -0.39 is 5.60 Å². The molecule has 3 aromatic rings. The number of anilines is 1. The van der Waals surface area contributed by atoms with Gasteiger partial charge in [0.2, 0.25) is 5.95 Å². The molecule has 0 unspecified atom stereocenters. The number of pyridine rings is 1. The highest BCUT2D eigenvalue weighted by atomic mass is 16.3. The molecule has 0 aliphatic carbocycles. The van der Waals surface area contributed by atoms with Crippen molar-refractivity contribution in [3.63, 3.8) is 0 Å². The van der Waals surface area contributed by atoms with Gasteiger partial charge in [0.1, 0.15) is 17.1 Å². The van der Waals surface area contributed by atoms with E-state index in [0.29, 0.717) is 17.9 Å². The van der Waals surface area contributed by atoms with Crippen LogP contribution in [-0.2, 0) is 6.42 Å². The van der Waals surface area contributed by atoms with Crippen LogP contribution in [-0.4, -0.2) is 41.9 Å². The lowest BCUT2D eigenvalue weighted by Crippen LogP contribution is -2.14. The Morgan fingerprint density at radius 2 is 2.12 bits per heavy atom. The number of aliphatic hydroxyl groups excluding tert-OH is 1. The first-order valence-corrected chi connectivity index (χ1v) is 7.83. The number of aliphatic hydroxyl groups is 2. The zero-order chi connectivity index (χ0) is 18.0. The van der Waals surface area contributed by atoms with Gasteiger partial charge in [-0.1, -0.05) is 5.92 Å². The molecule has 128 valence electrons. The van der Waals surface area contributed by atoms with Crippen LogP contribution >= 0.6 is 0 Å². The van der Waals surface area contributed by atoms with Crippen molar-refractivity contribution in [1.29, 1.82) is 0 Å². The molecule has 0 bridgehead atoms. The van der Waals surface area contributed by atoms with Gasteiger partial charge in [-0.05, 0) is 43.9 Å². The first kappa shape index (κ1) is 16.9. The molecule has 7 nitrogen and oxygen atoms in total. The minimum atomic E-state index is -1.10. The largest absolute Gasteiger partial charge is 0.396 e. The molecule has 0 aliphatic heterocycles. The van der Waals surface area contributed by atoms with E-state index in [-0.39, 0.29) is 12.6 Å². The molecule has 3 rings (SSSR count). The lowest BCUT2D eigenvalue weighted by atomic mass is 10.1. The Bertz CT molecular complexity index is 977. The summed E-state index contributed by atoms with van der Waals surface area (Å²) in [6, 6.07) is 3.58. The number of rotatable bonds is 3. The summed E-state index contributed by atoms with van der Waals surface area (Å²) in [6.45, 7) is 3.26. The predicted molar refractivity (Wildman–Crippen MR) is 95.0 cm³/mol. The van der Waals surface area contributed by atoms with Crippen LogP contribution in [0.2, 0.25) is 0 Å². The first-order chi connectivity index (χ1) is 11.9. The Kier molecular flexibility index (Phi) is 4.40. The number of nitrogen functional groups attached to an aromatic ring is 1. The van der Waals surface area contributed by atoms with E-state index in [9.17, 15) is 10.2 Å². The fourth-order valence-corrected chi connectivity index (χ4v) is 2.48. The molecule has 0 spiro atoms. The molecule has 7 heteroatoms. The summed E-state index contributed by atoms with van der Waals surface area (Å²) in [6.07, 6.45) is 5.71. The Hall–Kier alpha value is -2.95. The second-order valence-corrected chi connectivity index (χ2v) is 6.17. The monoisotopic (exact) mass is 337 g/mol. The van der Waals surface area contributed by atoms with Crippen molar-refractivity contribution >= 4 is 16.9 Å².